The number of hydrogen-bond acceptors (Lipinski definition) is 4. The monoisotopic (exact) mass is 346 g/mol. The summed E-state index contributed by atoms with van der Waals surface area (Å²) in [7, 11) is -1.12. The van der Waals surface area contributed by atoms with Gasteiger partial charge in [-0.15, -0.1) is 10.2 Å². The molecule has 0 N–H and O–H groups in total. The third kappa shape index (κ3) is 4.46. The molecule has 0 atom stereocenters. The molecular formula is C17H26N4SSi. The minimum Gasteiger partial charge on any atom is -0.296 e. The third-order valence-electron chi connectivity index (χ3n) is 3.91. The number of benzene rings is 1. The first kappa shape index (κ1) is 16.7. The molecule has 1 aliphatic heterocycles. The fourth-order valence-electron chi connectivity index (χ4n) is 2.75. The Morgan fingerprint density at radius 2 is 1.74 bits per heavy atom. The Hall–Kier alpha value is -1.11. The minimum absolute atomic E-state index is 0.898. The van der Waals surface area contributed by atoms with Gasteiger partial charge in [0.15, 0.2) is 11.0 Å². The average molecular weight is 347 g/mol. The molecule has 1 aromatic heterocycles. The molecule has 0 radical (unpaired) electrons. The molecule has 4 nitrogen and oxygen atoms in total. The molecule has 1 aromatic carbocycles. The molecule has 2 heterocycles. The molecule has 23 heavy (non-hydrogen) atoms. The van der Waals surface area contributed by atoms with E-state index in [4.69, 9.17) is 0 Å². The van der Waals surface area contributed by atoms with Gasteiger partial charge in [-0.2, -0.15) is 0 Å². The van der Waals surface area contributed by atoms with Crippen molar-refractivity contribution in [1.82, 2.24) is 19.7 Å². The van der Waals surface area contributed by atoms with Crippen LogP contribution in [0.1, 0.15) is 18.7 Å². The van der Waals surface area contributed by atoms with Gasteiger partial charge in [0.05, 0.1) is 14.6 Å². The van der Waals surface area contributed by atoms with E-state index in [1.54, 1.807) is 0 Å². The summed E-state index contributed by atoms with van der Waals surface area (Å²) in [6, 6.07) is 10.5. The molecule has 1 fully saturated rings. The first-order chi connectivity index (χ1) is 11.0. The van der Waals surface area contributed by atoms with E-state index in [-0.39, 0.29) is 0 Å². The Labute approximate surface area is 144 Å². The van der Waals surface area contributed by atoms with Gasteiger partial charge in [-0.3, -0.25) is 9.47 Å². The lowest BCUT2D eigenvalue weighted by atomic mass is 10.3. The van der Waals surface area contributed by atoms with Crippen LogP contribution in [0.5, 0.6) is 0 Å². The Bertz CT molecular complexity index is 630. The average Bonchev–Trinajstić information content (AvgIpc) is 3.15. The molecule has 0 amide bonds. The van der Waals surface area contributed by atoms with E-state index in [1.165, 1.54) is 37.0 Å². The molecule has 0 spiro atoms. The van der Waals surface area contributed by atoms with Gasteiger partial charge in [-0.25, -0.2) is 0 Å². The van der Waals surface area contributed by atoms with Crippen molar-refractivity contribution in [2.45, 2.75) is 44.2 Å². The highest BCUT2D eigenvalue weighted by molar-refractivity contribution is 8.00. The third-order valence-corrected chi connectivity index (χ3v) is 8.48. The van der Waals surface area contributed by atoms with Crippen LogP contribution in [0.3, 0.4) is 0 Å². The highest BCUT2D eigenvalue weighted by atomic mass is 32.2. The van der Waals surface area contributed by atoms with Gasteiger partial charge in [-0.1, -0.05) is 49.6 Å². The Morgan fingerprint density at radius 1 is 1.04 bits per heavy atom. The van der Waals surface area contributed by atoms with Crippen LogP contribution in [-0.4, -0.2) is 46.2 Å². The molecule has 2 aromatic rings. The molecule has 0 aliphatic carbocycles. The Morgan fingerprint density at radius 3 is 2.39 bits per heavy atom. The van der Waals surface area contributed by atoms with Gasteiger partial charge < -0.3 is 0 Å². The fourth-order valence-corrected chi connectivity index (χ4v) is 5.44. The van der Waals surface area contributed by atoms with Crippen LogP contribution in [0, 0.1) is 0 Å². The first-order valence-corrected chi connectivity index (χ1v) is 13.1. The van der Waals surface area contributed by atoms with Gasteiger partial charge in [0.25, 0.3) is 0 Å². The lowest BCUT2D eigenvalue weighted by molar-refractivity contribution is 0.319. The number of thioether (sulfide) groups is 1. The second-order valence-corrected chi connectivity index (χ2v) is 14.3. The largest absolute Gasteiger partial charge is 0.296 e. The Balaban J connectivity index is 1.88. The second-order valence-electron chi connectivity index (χ2n) is 7.40. The molecule has 1 aliphatic rings. The number of nitrogens with zero attached hydrogens (tertiary/aromatic N) is 4. The SMILES string of the molecule is C[Si](C)(C)CSc1nnc(CN2CCCC2)n1-c1ccccc1. The van der Waals surface area contributed by atoms with Crippen molar-refractivity contribution in [3.05, 3.63) is 36.2 Å². The van der Waals surface area contributed by atoms with E-state index in [9.17, 15) is 0 Å². The number of hydrogen-bond donors (Lipinski definition) is 0. The number of para-hydroxylation sites is 1. The van der Waals surface area contributed by atoms with Crippen LogP contribution >= 0.6 is 11.8 Å². The predicted molar refractivity (Wildman–Crippen MR) is 99.9 cm³/mol. The summed E-state index contributed by atoms with van der Waals surface area (Å²) < 4.78 is 2.25. The maximum atomic E-state index is 4.52. The summed E-state index contributed by atoms with van der Waals surface area (Å²) in [5.74, 6) is 1.07. The highest BCUT2D eigenvalue weighted by Crippen LogP contribution is 2.25. The molecule has 0 unspecified atom stereocenters. The second kappa shape index (κ2) is 7.19. The van der Waals surface area contributed by atoms with Crippen LogP contribution in [0.15, 0.2) is 35.5 Å². The zero-order chi connectivity index (χ0) is 16.3. The van der Waals surface area contributed by atoms with E-state index in [2.05, 4.69) is 69.6 Å². The van der Waals surface area contributed by atoms with Crippen molar-refractivity contribution in [1.29, 1.82) is 0 Å². The maximum absolute atomic E-state index is 4.52. The minimum atomic E-state index is -1.12. The van der Waals surface area contributed by atoms with E-state index in [0.29, 0.717) is 0 Å². The van der Waals surface area contributed by atoms with Crippen LogP contribution < -0.4 is 0 Å². The topological polar surface area (TPSA) is 34.0 Å². The van der Waals surface area contributed by atoms with Gasteiger partial charge >= 0.3 is 0 Å². The lowest BCUT2D eigenvalue weighted by Crippen LogP contribution is -2.24. The predicted octanol–water partition coefficient (Wildman–Crippen LogP) is 3.83. The number of aromatic nitrogens is 3. The summed E-state index contributed by atoms with van der Waals surface area (Å²) in [6.45, 7) is 10.4. The van der Waals surface area contributed by atoms with Gasteiger partial charge in [0.2, 0.25) is 0 Å². The molecule has 0 bridgehead atoms. The summed E-state index contributed by atoms with van der Waals surface area (Å²) in [6.07, 6.45) is 2.60. The van der Waals surface area contributed by atoms with Gasteiger partial charge in [0.1, 0.15) is 0 Å². The van der Waals surface area contributed by atoms with Crippen molar-refractivity contribution >= 4 is 19.8 Å². The fraction of sp³-hybridized carbons (Fsp3) is 0.529. The molecule has 3 rings (SSSR count). The summed E-state index contributed by atoms with van der Waals surface area (Å²) in [5, 5.41) is 11.2. The maximum Gasteiger partial charge on any atom is 0.195 e. The molecule has 6 heteroatoms. The normalized spacial score (nSPS) is 16.1. The smallest absolute Gasteiger partial charge is 0.195 e. The van der Waals surface area contributed by atoms with Crippen molar-refractivity contribution < 1.29 is 0 Å². The van der Waals surface area contributed by atoms with E-state index in [1.807, 2.05) is 11.8 Å². The first-order valence-electron chi connectivity index (χ1n) is 8.38. The van der Waals surface area contributed by atoms with Gasteiger partial charge in [-0.05, 0) is 43.4 Å². The van der Waals surface area contributed by atoms with Crippen LogP contribution in [0.2, 0.25) is 19.6 Å². The van der Waals surface area contributed by atoms with Crippen molar-refractivity contribution in [3.8, 4) is 5.69 Å². The zero-order valence-electron chi connectivity index (χ0n) is 14.3. The van der Waals surface area contributed by atoms with Gasteiger partial charge in [0, 0.05) is 5.69 Å². The van der Waals surface area contributed by atoms with Crippen LogP contribution in [0.4, 0.5) is 0 Å². The molecule has 124 valence electrons. The van der Waals surface area contributed by atoms with Crippen molar-refractivity contribution in [2.75, 3.05) is 18.5 Å². The van der Waals surface area contributed by atoms with E-state index >= 15 is 0 Å². The quantitative estimate of drug-likeness (QED) is 0.588. The van der Waals surface area contributed by atoms with E-state index in [0.717, 1.165) is 17.5 Å². The summed E-state index contributed by atoms with van der Waals surface area (Å²) in [5.41, 5.74) is 1.17. The van der Waals surface area contributed by atoms with Crippen LogP contribution in [0.25, 0.3) is 5.69 Å². The standard InChI is InChI=1S/C17H26N4SSi/c1-23(2,3)14-22-17-19-18-16(13-20-11-7-8-12-20)21(17)15-9-5-4-6-10-15/h4-6,9-10H,7-8,11-14H2,1-3H3. The summed E-state index contributed by atoms with van der Waals surface area (Å²) in [4.78, 5) is 2.48. The van der Waals surface area contributed by atoms with Crippen molar-refractivity contribution in [3.63, 3.8) is 0 Å². The molecular weight excluding hydrogens is 320 g/mol. The molecule has 1 saturated heterocycles. The summed E-state index contributed by atoms with van der Waals surface area (Å²) >= 11 is 1.86. The zero-order valence-corrected chi connectivity index (χ0v) is 16.1. The lowest BCUT2D eigenvalue weighted by Gasteiger charge is -2.17. The van der Waals surface area contributed by atoms with Crippen LogP contribution in [-0.2, 0) is 6.54 Å². The highest BCUT2D eigenvalue weighted by Gasteiger charge is 2.21. The Kier molecular flexibility index (Phi) is 5.23. The molecule has 0 saturated carbocycles. The van der Waals surface area contributed by atoms with Crippen molar-refractivity contribution in [2.24, 2.45) is 0 Å². The number of likely N-dealkylation sites (tertiary alicyclic amines) is 1. The number of rotatable bonds is 6. The van der Waals surface area contributed by atoms with E-state index < -0.39 is 8.07 Å².